The van der Waals surface area contributed by atoms with E-state index in [0.717, 1.165) is 0 Å². The van der Waals surface area contributed by atoms with E-state index in [2.05, 4.69) is 0 Å². The summed E-state index contributed by atoms with van der Waals surface area (Å²) in [6.45, 7) is 16.5. The lowest BCUT2D eigenvalue weighted by Gasteiger charge is -2.40. The lowest BCUT2D eigenvalue weighted by molar-refractivity contribution is -0.166. The van der Waals surface area contributed by atoms with Crippen molar-refractivity contribution in [3.8, 4) is 0 Å². The monoisotopic (exact) mass is 314 g/mol. The second-order valence-electron chi connectivity index (χ2n) is 9.32. The molecule has 0 aliphatic rings. The van der Waals surface area contributed by atoms with Gasteiger partial charge in [-0.25, -0.2) is 0 Å². The number of aliphatic carboxylic acids is 1. The molecule has 0 saturated heterocycles. The maximum Gasteiger partial charge on any atom is 0.312 e. The van der Waals surface area contributed by atoms with Crippen LogP contribution in [0, 0.1) is 22.2 Å². The number of carboxylic acids is 1. The van der Waals surface area contributed by atoms with E-state index in [1.54, 1.807) is 0 Å². The highest BCUT2D eigenvalue weighted by molar-refractivity contribution is 5.83. The third-order valence-corrected chi connectivity index (χ3v) is 3.21. The Morgan fingerprint density at radius 1 is 0.955 bits per heavy atom. The van der Waals surface area contributed by atoms with Crippen LogP contribution in [0.4, 0.5) is 0 Å². The largest absolute Gasteiger partial charge is 0.481 e. The molecule has 0 aliphatic heterocycles. The van der Waals surface area contributed by atoms with Crippen LogP contribution in [0.3, 0.4) is 0 Å². The molecule has 0 rings (SSSR count). The first-order valence-electron chi connectivity index (χ1n) is 8.06. The molecule has 0 radical (unpaired) electrons. The number of hydrogen-bond donors (Lipinski definition) is 1. The average molecular weight is 314 g/mol. The predicted molar refractivity (Wildman–Crippen MR) is 88.6 cm³/mol. The van der Waals surface area contributed by atoms with Gasteiger partial charge in [0.2, 0.25) is 0 Å². The summed E-state index contributed by atoms with van der Waals surface area (Å²) in [5.41, 5.74) is -1.29. The molecule has 0 aliphatic carbocycles. The van der Waals surface area contributed by atoms with E-state index < -0.39 is 11.4 Å². The zero-order chi connectivity index (χ0) is 17.8. The highest BCUT2D eigenvalue weighted by Gasteiger charge is 2.47. The first-order valence-corrected chi connectivity index (χ1v) is 8.06. The molecule has 22 heavy (non-hydrogen) atoms. The maximum absolute atomic E-state index is 12.8. The first-order chi connectivity index (χ1) is 9.67. The van der Waals surface area contributed by atoms with Gasteiger partial charge in [-0.1, -0.05) is 55.4 Å². The third kappa shape index (κ3) is 8.40. The SMILES string of the molecule is CC(C)COC(=O)C(CC(=O)O)(CC(C)(C)C)CC(C)(C)C. The Balaban J connectivity index is 5.61. The van der Waals surface area contributed by atoms with Crippen molar-refractivity contribution in [1.82, 2.24) is 0 Å². The Kier molecular flexibility index (Phi) is 7.11. The summed E-state index contributed by atoms with van der Waals surface area (Å²) in [6.07, 6.45) is 0.819. The van der Waals surface area contributed by atoms with Gasteiger partial charge in [0.25, 0.3) is 0 Å². The molecular weight excluding hydrogens is 280 g/mol. The van der Waals surface area contributed by atoms with Crippen molar-refractivity contribution in [3.05, 3.63) is 0 Å². The van der Waals surface area contributed by atoms with Gasteiger partial charge in [0.15, 0.2) is 0 Å². The van der Waals surface area contributed by atoms with Crippen molar-refractivity contribution in [3.63, 3.8) is 0 Å². The molecule has 0 amide bonds. The Bertz CT molecular complexity index is 367. The summed E-state index contributed by atoms with van der Waals surface area (Å²) < 4.78 is 5.46. The van der Waals surface area contributed by atoms with Gasteiger partial charge < -0.3 is 9.84 Å². The van der Waals surface area contributed by atoms with Crippen LogP contribution in [0.2, 0.25) is 0 Å². The average Bonchev–Trinajstić information content (AvgIpc) is 2.19. The summed E-state index contributed by atoms with van der Waals surface area (Å²) >= 11 is 0. The van der Waals surface area contributed by atoms with Crippen molar-refractivity contribution in [2.75, 3.05) is 6.61 Å². The van der Waals surface area contributed by atoms with Crippen LogP contribution in [0.25, 0.3) is 0 Å². The summed E-state index contributed by atoms with van der Waals surface area (Å²) in [5, 5.41) is 9.36. The normalized spacial score (nSPS) is 13.3. The molecule has 0 spiro atoms. The fourth-order valence-electron chi connectivity index (χ4n) is 3.12. The molecule has 4 nitrogen and oxygen atoms in total. The summed E-state index contributed by atoms with van der Waals surface area (Å²) in [4.78, 5) is 24.2. The van der Waals surface area contributed by atoms with Crippen molar-refractivity contribution >= 4 is 11.9 Å². The number of carboxylic acid groups (broad SMARTS) is 1. The molecule has 0 aromatic rings. The lowest BCUT2D eigenvalue weighted by Crippen LogP contribution is -2.42. The number of hydrogen-bond acceptors (Lipinski definition) is 3. The van der Waals surface area contributed by atoms with E-state index in [9.17, 15) is 14.7 Å². The van der Waals surface area contributed by atoms with Crippen LogP contribution in [0.5, 0.6) is 0 Å². The summed E-state index contributed by atoms with van der Waals surface area (Å²) in [5.74, 6) is -1.08. The lowest BCUT2D eigenvalue weighted by atomic mass is 9.64. The van der Waals surface area contributed by atoms with Crippen LogP contribution in [-0.4, -0.2) is 23.7 Å². The van der Waals surface area contributed by atoms with Gasteiger partial charge in [0, 0.05) is 0 Å². The Hall–Kier alpha value is -1.06. The molecule has 0 aromatic heterocycles. The molecule has 0 saturated carbocycles. The molecular formula is C18H34O4. The van der Waals surface area contributed by atoms with E-state index in [0.29, 0.717) is 19.4 Å². The van der Waals surface area contributed by atoms with Gasteiger partial charge in [0.05, 0.1) is 18.4 Å². The number of esters is 1. The molecule has 0 heterocycles. The minimum atomic E-state index is -0.975. The molecule has 4 heteroatoms. The van der Waals surface area contributed by atoms with Crippen LogP contribution >= 0.6 is 0 Å². The smallest absolute Gasteiger partial charge is 0.312 e. The summed E-state index contributed by atoms with van der Waals surface area (Å²) in [7, 11) is 0. The predicted octanol–water partition coefficient (Wildman–Crippen LogP) is 4.52. The van der Waals surface area contributed by atoms with Crippen molar-refractivity contribution in [1.29, 1.82) is 0 Å². The summed E-state index contributed by atoms with van der Waals surface area (Å²) in [6, 6.07) is 0. The van der Waals surface area contributed by atoms with E-state index in [4.69, 9.17) is 4.74 Å². The molecule has 0 bridgehead atoms. The minimum Gasteiger partial charge on any atom is -0.481 e. The quantitative estimate of drug-likeness (QED) is 0.702. The van der Waals surface area contributed by atoms with Crippen molar-refractivity contribution < 1.29 is 19.4 Å². The van der Waals surface area contributed by atoms with Gasteiger partial charge in [-0.3, -0.25) is 9.59 Å². The first kappa shape index (κ1) is 20.9. The van der Waals surface area contributed by atoms with Crippen LogP contribution in [0.15, 0.2) is 0 Å². The number of carbonyl (C=O) groups is 2. The fraction of sp³-hybridized carbons (Fsp3) is 0.889. The molecule has 0 atom stereocenters. The van der Waals surface area contributed by atoms with Crippen molar-refractivity contribution in [2.45, 2.75) is 74.7 Å². The standard InChI is InChI=1S/C18H34O4/c1-13(2)10-22-15(21)18(9-14(19)20,11-16(3,4)5)12-17(6,7)8/h13H,9-12H2,1-8H3,(H,19,20). The van der Waals surface area contributed by atoms with Gasteiger partial charge in [0.1, 0.15) is 0 Å². The molecule has 130 valence electrons. The van der Waals surface area contributed by atoms with E-state index in [1.807, 2.05) is 55.4 Å². The minimum absolute atomic E-state index is 0.155. The van der Waals surface area contributed by atoms with Crippen LogP contribution < -0.4 is 0 Å². The molecule has 1 N–H and O–H groups in total. The van der Waals surface area contributed by atoms with Crippen molar-refractivity contribution in [2.24, 2.45) is 22.2 Å². The topological polar surface area (TPSA) is 63.6 Å². The van der Waals surface area contributed by atoms with Gasteiger partial charge in [-0.05, 0) is 29.6 Å². The van der Waals surface area contributed by atoms with Crippen LogP contribution in [-0.2, 0) is 14.3 Å². The van der Waals surface area contributed by atoms with E-state index in [-0.39, 0.29) is 29.1 Å². The third-order valence-electron chi connectivity index (χ3n) is 3.21. The van der Waals surface area contributed by atoms with Gasteiger partial charge in [-0.2, -0.15) is 0 Å². The molecule has 0 unspecified atom stereocenters. The number of ether oxygens (including phenoxy) is 1. The molecule has 0 aromatic carbocycles. The highest BCUT2D eigenvalue weighted by Crippen LogP contribution is 2.45. The Morgan fingerprint density at radius 2 is 1.36 bits per heavy atom. The zero-order valence-electron chi connectivity index (χ0n) is 15.6. The zero-order valence-corrected chi connectivity index (χ0v) is 15.6. The van der Waals surface area contributed by atoms with Crippen LogP contribution in [0.1, 0.15) is 74.7 Å². The molecule has 0 fully saturated rings. The van der Waals surface area contributed by atoms with E-state index >= 15 is 0 Å². The maximum atomic E-state index is 12.8. The van der Waals surface area contributed by atoms with Gasteiger partial charge in [-0.15, -0.1) is 0 Å². The number of carbonyl (C=O) groups excluding carboxylic acids is 1. The second kappa shape index (κ2) is 7.47. The highest BCUT2D eigenvalue weighted by atomic mass is 16.5. The fourth-order valence-corrected chi connectivity index (χ4v) is 3.12. The van der Waals surface area contributed by atoms with E-state index in [1.165, 1.54) is 0 Å². The Labute approximate surface area is 135 Å². The van der Waals surface area contributed by atoms with Gasteiger partial charge >= 0.3 is 11.9 Å². The second-order valence-corrected chi connectivity index (χ2v) is 9.32. The Morgan fingerprint density at radius 3 is 1.64 bits per heavy atom. The number of rotatable bonds is 7.